The van der Waals surface area contributed by atoms with Crippen LogP contribution in [0.3, 0.4) is 0 Å². The highest BCUT2D eigenvalue weighted by molar-refractivity contribution is 5.75. The van der Waals surface area contributed by atoms with E-state index in [1.54, 1.807) is 0 Å². The molecule has 0 aromatic heterocycles. The van der Waals surface area contributed by atoms with Gasteiger partial charge in [-0.3, -0.25) is 10.1 Å². The summed E-state index contributed by atoms with van der Waals surface area (Å²) in [6, 6.07) is 10.1. The van der Waals surface area contributed by atoms with Crippen molar-refractivity contribution >= 4 is 5.97 Å². The summed E-state index contributed by atoms with van der Waals surface area (Å²) >= 11 is 0. The second kappa shape index (κ2) is 7.17. The molecular weight excluding hydrogens is 226 g/mol. The number of carbonyl (C=O) groups excluding carboxylic acids is 1. The molecule has 2 unspecified atom stereocenters. The molecule has 0 fully saturated rings. The van der Waals surface area contributed by atoms with Gasteiger partial charge in [-0.2, -0.15) is 0 Å². The van der Waals surface area contributed by atoms with Crippen LogP contribution in [0.5, 0.6) is 0 Å². The molecule has 0 amide bonds. The zero-order valence-corrected chi connectivity index (χ0v) is 11.6. The predicted octanol–water partition coefficient (Wildman–Crippen LogP) is 2.92. The lowest BCUT2D eigenvalue weighted by Gasteiger charge is -2.27. The number of rotatable bonds is 6. The van der Waals surface area contributed by atoms with Crippen LogP contribution in [0.2, 0.25) is 0 Å². The number of benzene rings is 1. The lowest BCUT2D eigenvalue weighted by atomic mass is 9.95. The molecule has 0 aliphatic rings. The van der Waals surface area contributed by atoms with E-state index in [4.69, 9.17) is 4.74 Å². The highest BCUT2D eigenvalue weighted by atomic mass is 16.5. The topological polar surface area (TPSA) is 38.3 Å². The Bertz CT molecular complexity index is 362. The molecule has 3 nitrogen and oxygen atoms in total. The fourth-order valence-corrected chi connectivity index (χ4v) is 2.05. The van der Waals surface area contributed by atoms with Crippen molar-refractivity contribution in [2.75, 3.05) is 7.11 Å². The van der Waals surface area contributed by atoms with Crippen molar-refractivity contribution in [2.45, 2.75) is 39.3 Å². The van der Waals surface area contributed by atoms with Gasteiger partial charge in [0.05, 0.1) is 7.11 Å². The fourth-order valence-electron chi connectivity index (χ4n) is 2.05. The molecule has 0 saturated carbocycles. The Hall–Kier alpha value is -1.35. The van der Waals surface area contributed by atoms with Crippen molar-refractivity contribution in [1.29, 1.82) is 0 Å². The number of ether oxygens (including phenoxy) is 1. The molecule has 0 spiro atoms. The maximum absolute atomic E-state index is 11.6. The Labute approximate surface area is 110 Å². The van der Waals surface area contributed by atoms with Crippen molar-refractivity contribution in [2.24, 2.45) is 5.92 Å². The average Bonchev–Trinajstić information content (AvgIpc) is 2.39. The zero-order valence-electron chi connectivity index (χ0n) is 11.6. The molecule has 0 saturated heterocycles. The van der Waals surface area contributed by atoms with Crippen molar-refractivity contribution in [3.8, 4) is 0 Å². The van der Waals surface area contributed by atoms with Crippen molar-refractivity contribution in [1.82, 2.24) is 5.32 Å². The summed E-state index contributed by atoms with van der Waals surface area (Å²) in [5, 5.41) is 3.40. The van der Waals surface area contributed by atoms with Gasteiger partial charge < -0.3 is 4.74 Å². The van der Waals surface area contributed by atoms with Crippen LogP contribution >= 0.6 is 0 Å². The number of hydrogen-bond acceptors (Lipinski definition) is 3. The molecule has 0 bridgehead atoms. The number of hydrogen-bond donors (Lipinski definition) is 1. The van der Waals surface area contributed by atoms with E-state index in [-0.39, 0.29) is 18.1 Å². The summed E-state index contributed by atoms with van der Waals surface area (Å²) in [7, 11) is 1.43. The Morgan fingerprint density at radius 2 is 1.89 bits per heavy atom. The van der Waals surface area contributed by atoms with Gasteiger partial charge in [0.2, 0.25) is 0 Å². The van der Waals surface area contributed by atoms with E-state index in [1.165, 1.54) is 12.7 Å². The van der Waals surface area contributed by atoms with Gasteiger partial charge in [0, 0.05) is 6.04 Å². The van der Waals surface area contributed by atoms with E-state index in [1.807, 2.05) is 25.1 Å². The van der Waals surface area contributed by atoms with Crippen LogP contribution < -0.4 is 5.32 Å². The minimum absolute atomic E-state index is 0.162. The zero-order chi connectivity index (χ0) is 13.5. The second-order valence-corrected chi connectivity index (χ2v) is 4.78. The van der Waals surface area contributed by atoms with Gasteiger partial charge in [0.25, 0.3) is 0 Å². The largest absolute Gasteiger partial charge is 0.468 e. The summed E-state index contributed by atoms with van der Waals surface area (Å²) in [5.41, 5.74) is 1.20. The lowest BCUT2D eigenvalue weighted by molar-refractivity contribution is -0.143. The van der Waals surface area contributed by atoms with E-state index in [2.05, 4.69) is 31.3 Å². The Morgan fingerprint density at radius 3 is 2.33 bits per heavy atom. The Balaban J connectivity index is 2.84. The summed E-state index contributed by atoms with van der Waals surface area (Å²) in [4.78, 5) is 11.6. The van der Waals surface area contributed by atoms with Crippen LogP contribution in [0.4, 0.5) is 0 Å². The molecule has 0 heterocycles. The van der Waals surface area contributed by atoms with Gasteiger partial charge in [-0.1, -0.05) is 51.1 Å². The van der Waals surface area contributed by atoms with Crippen molar-refractivity contribution in [3.05, 3.63) is 35.9 Å². The van der Waals surface area contributed by atoms with Gasteiger partial charge in [-0.25, -0.2) is 0 Å². The number of nitrogens with one attached hydrogen (secondary N) is 1. The third kappa shape index (κ3) is 3.84. The summed E-state index contributed by atoms with van der Waals surface area (Å²) in [5.74, 6) is 0.213. The average molecular weight is 249 g/mol. The number of methoxy groups -OCH3 is 1. The van der Waals surface area contributed by atoms with E-state index in [9.17, 15) is 4.79 Å². The smallest absolute Gasteiger partial charge is 0.322 e. The van der Waals surface area contributed by atoms with Crippen LogP contribution in [0.15, 0.2) is 30.3 Å². The Morgan fingerprint density at radius 1 is 1.28 bits per heavy atom. The van der Waals surface area contributed by atoms with E-state index in [0.29, 0.717) is 5.92 Å². The monoisotopic (exact) mass is 249 g/mol. The standard InChI is InChI=1S/C15H23NO2/c1-5-13(15(17)18-4)16-14(11(2)3)12-9-7-6-8-10-12/h6-11,13-14,16H,5H2,1-4H3. The molecule has 0 aliphatic heterocycles. The highest BCUT2D eigenvalue weighted by Gasteiger charge is 2.23. The summed E-state index contributed by atoms with van der Waals surface area (Å²) in [6.07, 6.45) is 0.725. The fraction of sp³-hybridized carbons (Fsp3) is 0.533. The third-order valence-electron chi connectivity index (χ3n) is 3.10. The van der Waals surface area contributed by atoms with E-state index < -0.39 is 0 Å². The third-order valence-corrected chi connectivity index (χ3v) is 3.10. The van der Waals surface area contributed by atoms with Gasteiger partial charge in [0.1, 0.15) is 6.04 Å². The minimum Gasteiger partial charge on any atom is -0.468 e. The molecule has 1 aromatic carbocycles. The van der Waals surface area contributed by atoms with Crippen LogP contribution in [0, 0.1) is 5.92 Å². The maximum atomic E-state index is 11.6. The Kier molecular flexibility index (Phi) is 5.86. The van der Waals surface area contributed by atoms with Gasteiger partial charge >= 0.3 is 5.97 Å². The quantitative estimate of drug-likeness (QED) is 0.788. The van der Waals surface area contributed by atoms with Gasteiger partial charge in [-0.15, -0.1) is 0 Å². The maximum Gasteiger partial charge on any atom is 0.322 e. The SMILES string of the molecule is CCC(NC(c1ccccc1)C(C)C)C(=O)OC. The normalized spacial score (nSPS) is 14.3. The molecule has 1 rings (SSSR count). The molecule has 3 heteroatoms. The van der Waals surface area contributed by atoms with Crippen LogP contribution in [0.25, 0.3) is 0 Å². The molecule has 2 atom stereocenters. The first-order valence-electron chi connectivity index (χ1n) is 6.49. The first kappa shape index (κ1) is 14.7. The lowest BCUT2D eigenvalue weighted by Crippen LogP contribution is -2.41. The molecule has 18 heavy (non-hydrogen) atoms. The first-order chi connectivity index (χ1) is 8.60. The summed E-state index contributed by atoms with van der Waals surface area (Å²) < 4.78 is 4.82. The minimum atomic E-state index is -0.248. The van der Waals surface area contributed by atoms with E-state index in [0.717, 1.165) is 6.42 Å². The molecule has 1 aromatic rings. The molecule has 100 valence electrons. The second-order valence-electron chi connectivity index (χ2n) is 4.78. The van der Waals surface area contributed by atoms with E-state index >= 15 is 0 Å². The first-order valence-corrected chi connectivity index (χ1v) is 6.49. The molecular formula is C15H23NO2. The predicted molar refractivity (Wildman–Crippen MR) is 73.3 cm³/mol. The van der Waals surface area contributed by atoms with Gasteiger partial charge in [-0.05, 0) is 17.9 Å². The van der Waals surface area contributed by atoms with Crippen LogP contribution in [0.1, 0.15) is 38.8 Å². The van der Waals surface area contributed by atoms with Crippen molar-refractivity contribution < 1.29 is 9.53 Å². The van der Waals surface area contributed by atoms with Crippen molar-refractivity contribution in [3.63, 3.8) is 0 Å². The van der Waals surface area contributed by atoms with Crippen LogP contribution in [-0.4, -0.2) is 19.1 Å². The molecule has 1 N–H and O–H groups in total. The number of carbonyl (C=O) groups is 1. The summed E-state index contributed by atoms with van der Waals surface area (Å²) in [6.45, 7) is 6.28. The molecule has 0 aliphatic carbocycles. The van der Waals surface area contributed by atoms with Crippen LogP contribution in [-0.2, 0) is 9.53 Å². The molecule has 0 radical (unpaired) electrons. The number of esters is 1. The van der Waals surface area contributed by atoms with Gasteiger partial charge in [0.15, 0.2) is 0 Å². The highest BCUT2D eigenvalue weighted by Crippen LogP contribution is 2.22.